The minimum atomic E-state index is -1.06. The van der Waals surface area contributed by atoms with E-state index in [2.05, 4.69) is 20.5 Å². The summed E-state index contributed by atoms with van der Waals surface area (Å²) in [7, 11) is 1.58. The standard InChI is InChI=1S/C10H11N5O3S/c1-18-4-6-11-13-10(19-6)15-8(5-2-3-5)7(9(16)17)12-14-15/h5H,2-4H2,1H3,(H,16,17). The summed E-state index contributed by atoms with van der Waals surface area (Å²) in [5.74, 6) is -0.856. The Morgan fingerprint density at radius 1 is 1.47 bits per heavy atom. The van der Waals surface area contributed by atoms with Crippen molar-refractivity contribution in [2.24, 2.45) is 0 Å². The first-order valence-electron chi connectivity index (χ1n) is 5.71. The lowest BCUT2D eigenvalue weighted by molar-refractivity contribution is 0.0689. The number of rotatable bonds is 5. The molecule has 0 saturated heterocycles. The van der Waals surface area contributed by atoms with Crippen LogP contribution in [-0.4, -0.2) is 43.4 Å². The summed E-state index contributed by atoms with van der Waals surface area (Å²) in [5, 5.41) is 26.0. The first-order valence-corrected chi connectivity index (χ1v) is 6.53. The van der Waals surface area contributed by atoms with Crippen molar-refractivity contribution < 1.29 is 14.6 Å². The second-order valence-corrected chi connectivity index (χ2v) is 5.27. The van der Waals surface area contributed by atoms with Crippen LogP contribution in [0.15, 0.2) is 0 Å². The average molecular weight is 281 g/mol. The van der Waals surface area contributed by atoms with Crippen LogP contribution in [-0.2, 0) is 11.3 Å². The highest BCUT2D eigenvalue weighted by atomic mass is 32.1. The molecule has 9 heteroatoms. The predicted molar refractivity (Wildman–Crippen MR) is 64.5 cm³/mol. The number of carboxylic acid groups (broad SMARTS) is 1. The third kappa shape index (κ3) is 2.22. The maximum Gasteiger partial charge on any atom is 0.358 e. The zero-order chi connectivity index (χ0) is 13.4. The van der Waals surface area contributed by atoms with Gasteiger partial charge in [0.1, 0.15) is 11.6 Å². The number of methoxy groups -OCH3 is 1. The Balaban J connectivity index is 2.01. The lowest BCUT2D eigenvalue weighted by atomic mass is 10.2. The summed E-state index contributed by atoms with van der Waals surface area (Å²) in [4.78, 5) is 11.1. The molecule has 8 nitrogen and oxygen atoms in total. The highest BCUT2D eigenvalue weighted by Crippen LogP contribution is 2.42. The molecule has 1 aliphatic carbocycles. The quantitative estimate of drug-likeness (QED) is 0.866. The van der Waals surface area contributed by atoms with Gasteiger partial charge < -0.3 is 9.84 Å². The largest absolute Gasteiger partial charge is 0.476 e. The number of carbonyl (C=O) groups is 1. The lowest BCUT2D eigenvalue weighted by Gasteiger charge is -2.00. The molecule has 1 aliphatic rings. The number of ether oxygens (including phenoxy) is 1. The second-order valence-electron chi connectivity index (χ2n) is 4.23. The van der Waals surface area contributed by atoms with Gasteiger partial charge in [-0.1, -0.05) is 16.6 Å². The Bertz CT molecular complexity index is 618. The maximum absolute atomic E-state index is 11.1. The molecule has 1 fully saturated rings. The molecule has 0 atom stereocenters. The fraction of sp³-hybridized carbons (Fsp3) is 0.500. The lowest BCUT2D eigenvalue weighted by Crippen LogP contribution is -2.05. The normalized spacial score (nSPS) is 14.8. The molecular formula is C10H11N5O3S. The Morgan fingerprint density at radius 3 is 2.89 bits per heavy atom. The van der Waals surface area contributed by atoms with Crippen LogP contribution in [0, 0.1) is 0 Å². The summed E-state index contributed by atoms with van der Waals surface area (Å²) in [6.07, 6.45) is 1.91. The predicted octanol–water partition coefficient (Wildman–Crippen LogP) is 0.841. The molecule has 0 aliphatic heterocycles. The Labute approximate surface area is 112 Å². The number of nitrogens with zero attached hydrogens (tertiary/aromatic N) is 5. The van der Waals surface area contributed by atoms with Gasteiger partial charge in [-0.05, 0) is 12.8 Å². The number of hydrogen-bond acceptors (Lipinski definition) is 7. The van der Waals surface area contributed by atoms with Gasteiger partial charge in [0.25, 0.3) is 0 Å². The Morgan fingerprint density at radius 2 is 2.26 bits per heavy atom. The molecule has 0 unspecified atom stereocenters. The summed E-state index contributed by atoms with van der Waals surface area (Å²) >= 11 is 1.32. The van der Waals surface area contributed by atoms with Crippen LogP contribution in [0.5, 0.6) is 0 Å². The summed E-state index contributed by atoms with van der Waals surface area (Å²) in [6.45, 7) is 0.372. The molecule has 2 aromatic rings. The van der Waals surface area contributed by atoms with Crippen molar-refractivity contribution in [3.8, 4) is 5.13 Å². The van der Waals surface area contributed by atoms with Crippen molar-refractivity contribution in [3.63, 3.8) is 0 Å². The minimum Gasteiger partial charge on any atom is -0.476 e. The zero-order valence-corrected chi connectivity index (χ0v) is 10.9. The zero-order valence-electron chi connectivity index (χ0n) is 10.1. The highest BCUT2D eigenvalue weighted by molar-refractivity contribution is 7.13. The molecule has 0 spiro atoms. The van der Waals surface area contributed by atoms with E-state index in [4.69, 9.17) is 9.84 Å². The summed E-state index contributed by atoms with van der Waals surface area (Å²) < 4.78 is 6.46. The van der Waals surface area contributed by atoms with Gasteiger partial charge in [0.05, 0.1) is 5.69 Å². The molecule has 2 aromatic heterocycles. The monoisotopic (exact) mass is 281 g/mol. The van der Waals surface area contributed by atoms with Crippen molar-refractivity contribution in [2.45, 2.75) is 25.4 Å². The van der Waals surface area contributed by atoms with E-state index in [0.29, 0.717) is 22.4 Å². The number of aromatic nitrogens is 5. The number of hydrogen-bond donors (Lipinski definition) is 1. The van der Waals surface area contributed by atoms with Gasteiger partial charge in [-0.3, -0.25) is 0 Å². The van der Waals surface area contributed by atoms with E-state index in [1.807, 2.05) is 0 Å². The molecule has 3 rings (SSSR count). The molecule has 1 N–H and O–H groups in total. The SMILES string of the molecule is COCc1nnc(-n2nnc(C(=O)O)c2C2CC2)s1. The van der Waals surface area contributed by atoms with Gasteiger partial charge in [-0.15, -0.1) is 15.3 Å². The summed E-state index contributed by atoms with van der Waals surface area (Å²) in [5.41, 5.74) is 0.624. The smallest absolute Gasteiger partial charge is 0.358 e. The molecule has 0 bridgehead atoms. The third-order valence-corrected chi connectivity index (χ3v) is 3.65. The van der Waals surface area contributed by atoms with Crippen molar-refractivity contribution >= 4 is 17.3 Å². The van der Waals surface area contributed by atoms with Crippen LogP contribution in [0.25, 0.3) is 5.13 Å². The number of aromatic carboxylic acids is 1. The Kier molecular flexibility index (Phi) is 2.99. The van der Waals surface area contributed by atoms with Crippen molar-refractivity contribution in [2.75, 3.05) is 7.11 Å². The minimum absolute atomic E-state index is 0.00555. The van der Waals surface area contributed by atoms with E-state index in [1.54, 1.807) is 7.11 Å². The van der Waals surface area contributed by atoms with E-state index < -0.39 is 5.97 Å². The van der Waals surface area contributed by atoms with E-state index in [0.717, 1.165) is 12.8 Å². The van der Waals surface area contributed by atoms with Crippen LogP contribution < -0.4 is 0 Å². The van der Waals surface area contributed by atoms with Crippen molar-refractivity contribution in [3.05, 3.63) is 16.4 Å². The van der Waals surface area contributed by atoms with E-state index in [-0.39, 0.29) is 11.6 Å². The fourth-order valence-electron chi connectivity index (χ4n) is 1.82. The van der Waals surface area contributed by atoms with Gasteiger partial charge >= 0.3 is 5.97 Å². The third-order valence-electron chi connectivity index (χ3n) is 2.78. The second kappa shape index (κ2) is 4.67. The first-order chi connectivity index (χ1) is 9.20. The average Bonchev–Trinajstić information content (AvgIpc) is 2.95. The summed E-state index contributed by atoms with van der Waals surface area (Å²) in [6, 6.07) is 0. The molecule has 2 heterocycles. The van der Waals surface area contributed by atoms with Crippen LogP contribution >= 0.6 is 11.3 Å². The highest BCUT2D eigenvalue weighted by Gasteiger charge is 2.35. The van der Waals surface area contributed by atoms with Gasteiger partial charge in [0, 0.05) is 13.0 Å². The Hall–Kier alpha value is -1.87. The van der Waals surface area contributed by atoms with Crippen LogP contribution in [0.1, 0.15) is 39.9 Å². The van der Waals surface area contributed by atoms with Crippen molar-refractivity contribution in [1.29, 1.82) is 0 Å². The van der Waals surface area contributed by atoms with Crippen LogP contribution in [0.3, 0.4) is 0 Å². The van der Waals surface area contributed by atoms with Gasteiger partial charge in [0.15, 0.2) is 5.69 Å². The molecular weight excluding hydrogens is 270 g/mol. The van der Waals surface area contributed by atoms with E-state index in [9.17, 15) is 4.79 Å². The van der Waals surface area contributed by atoms with Gasteiger partial charge in [0.2, 0.25) is 5.13 Å². The topological polar surface area (TPSA) is 103 Å². The first kappa shape index (κ1) is 12.2. The molecule has 19 heavy (non-hydrogen) atoms. The fourth-order valence-corrected chi connectivity index (χ4v) is 2.59. The number of carboxylic acids is 1. The molecule has 0 aromatic carbocycles. The van der Waals surface area contributed by atoms with Crippen molar-refractivity contribution in [1.82, 2.24) is 25.2 Å². The molecule has 0 radical (unpaired) electrons. The molecule has 100 valence electrons. The molecule has 1 saturated carbocycles. The van der Waals surface area contributed by atoms with Crippen LogP contribution in [0.4, 0.5) is 0 Å². The van der Waals surface area contributed by atoms with Gasteiger partial charge in [-0.25, -0.2) is 4.79 Å². The van der Waals surface area contributed by atoms with Gasteiger partial charge in [-0.2, -0.15) is 4.68 Å². The van der Waals surface area contributed by atoms with Crippen LogP contribution in [0.2, 0.25) is 0 Å². The van der Waals surface area contributed by atoms with E-state index >= 15 is 0 Å². The van der Waals surface area contributed by atoms with E-state index in [1.165, 1.54) is 16.0 Å². The maximum atomic E-state index is 11.1. The molecule has 0 amide bonds.